The SMILES string of the molecule is BB(B)B(B)B(B(B)B)B(C)B(B(B(B)B)B(B)B)B(B(B)B)B(B)B. The largest absolute Gasteiger partial charge is 0.101 e. The molecule has 0 heterocycles. The van der Waals surface area contributed by atoms with Crippen molar-refractivity contribution in [3.8, 4) is 0 Å². The zero-order valence-corrected chi connectivity index (χ0v) is 20.9. The van der Waals surface area contributed by atoms with Crippen LogP contribution < -0.4 is 0 Å². The molecular weight excluding hydrogens is 282 g/mol. The average Bonchev–Trinajstić information content (AvgIpc) is 2.44. The monoisotopic (exact) mass is 316 g/mol. The number of rotatable bonds is 11. The molecule has 0 N–H and O–H groups in total. The van der Waals surface area contributed by atoms with Gasteiger partial charge in [-0.05, 0) is 0 Å². The van der Waals surface area contributed by atoms with Crippen molar-refractivity contribution in [2.24, 2.45) is 0 Å². The van der Waals surface area contributed by atoms with Crippen molar-refractivity contribution < 1.29 is 0 Å². The van der Waals surface area contributed by atoms with Crippen LogP contribution in [0, 0.1) is 0 Å². The Hall–Kier alpha value is 1.62. The van der Waals surface area contributed by atoms with Gasteiger partial charge >= 0.3 is 0 Å². The maximum absolute atomic E-state index is 2.61. The van der Waals surface area contributed by atoms with Gasteiger partial charge in [0.05, 0.1) is 101 Å². The van der Waals surface area contributed by atoms with Gasteiger partial charge in [-0.15, -0.1) is 6.82 Å². The van der Waals surface area contributed by atoms with Gasteiger partial charge in [0, 0.05) is 76.7 Å². The van der Waals surface area contributed by atoms with Crippen LogP contribution in [-0.2, 0) is 0 Å². The van der Waals surface area contributed by atoms with Gasteiger partial charge in [0.2, 0.25) is 0 Å². The minimum atomic E-state index is 0.754. The molecule has 0 spiro atoms. The highest BCUT2D eigenvalue weighted by Gasteiger charge is 2.49. The first-order chi connectivity index (χ1) is 11.7. The number of hydrogen-bond acceptors (Lipinski definition) is 0. The summed E-state index contributed by atoms with van der Waals surface area (Å²) in [5.41, 5.74) is 0. The summed E-state index contributed by atoms with van der Waals surface area (Å²) in [5, 5.41) is 0. The Labute approximate surface area is 183 Å². The highest BCUT2D eigenvalue weighted by molar-refractivity contribution is 8.20. The van der Waals surface area contributed by atoms with Gasteiger partial charge in [0.15, 0.2) is 0 Å². The molecule has 0 aliphatic heterocycles. The molecule has 0 rings (SSSR count). The lowest BCUT2D eigenvalue weighted by molar-refractivity contribution is 2.32. The van der Waals surface area contributed by atoms with E-state index in [2.05, 4.69) is 107 Å². The summed E-state index contributed by atoms with van der Waals surface area (Å²) in [7, 11) is 32.1. The molecule has 0 radical (unpaired) electrons. The first-order valence-electron chi connectivity index (χ1n) is 11.7. The van der Waals surface area contributed by atoms with Gasteiger partial charge in [-0.1, -0.05) is 0 Å². The molecule has 0 unspecified atom stereocenters. The molecule has 0 bridgehead atoms. The summed E-state index contributed by atoms with van der Waals surface area (Å²) in [6.45, 7) is 3.39. The predicted molar refractivity (Wildman–Crippen MR) is 186 cm³/mol. The second-order valence-electron chi connectivity index (χ2n) is 11.5. The van der Waals surface area contributed by atoms with E-state index in [9.17, 15) is 0 Å². The fraction of sp³-hybridized carbons (Fsp3) is 1.00. The van der Waals surface area contributed by atoms with E-state index >= 15 is 0 Å². The summed E-state index contributed by atoms with van der Waals surface area (Å²) >= 11 is 0. The van der Waals surface area contributed by atoms with Gasteiger partial charge in [-0.2, -0.15) is 0 Å². The fourth-order valence-corrected chi connectivity index (χ4v) is 6.67. The molecule has 0 atom stereocenters. The second-order valence-corrected chi connectivity index (χ2v) is 11.5. The molecule has 25 heteroatoms. The molecule has 0 amide bonds. The van der Waals surface area contributed by atoms with E-state index < -0.39 is 0 Å². The summed E-state index contributed by atoms with van der Waals surface area (Å²) in [6, 6.07) is 0. The topological polar surface area (TPSA) is 0 Å². The second kappa shape index (κ2) is 12.3. The maximum atomic E-state index is 2.61. The van der Waals surface area contributed by atoms with Crippen LogP contribution in [0.5, 0.6) is 0 Å². The van der Waals surface area contributed by atoms with E-state index in [4.69, 9.17) is 0 Å². The van der Waals surface area contributed by atoms with Crippen LogP contribution in [0.2, 0.25) is 6.82 Å². The third-order valence-corrected chi connectivity index (χ3v) is 7.61. The zero-order valence-electron chi connectivity index (χ0n) is 20.9. The highest BCUT2D eigenvalue weighted by Crippen LogP contribution is 2.11. The van der Waals surface area contributed by atoms with Crippen LogP contribution in [0.15, 0.2) is 0 Å². The Morgan fingerprint density at radius 1 is 0.346 bits per heavy atom. The van der Waals surface area contributed by atoms with Crippen molar-refractivity contribution in [1.82, 2.24) is 0 Å². The first kappa shape index (κ1) is 27.6. The first-order valence-corrected chi connectivity index (χ1v) is 11.7. The van der Waals surface area contributed by atoms with E-state index in [-0.39, 0.29) is 0 Å². The molecule has 0 nitrogen and oxygen atoms in total. The Kier molecular flexibility index (Phi) is 13.1. The van der Waals surface area contributed by atoms with E-state index in [1.165, 1.54) is 0 Å². The van der Waals surface area contributed by atoms with Crippen LogP contribution >= 0.6 is 0 Å². The molecule has 26 heavy (non-hydrogen) atoms. The zero-order chi connectivity index (χ0) is 20.9. The lowest BCUT2D eigenvalue weighted by atomic mass is 8.37. The fourth-order valence-electron chi connectivity index (χ4n) is 6.67. The molecule has 0 aromatic heterocycles. The quantitative estimate of drug-likeness (QED) is 0.333. The van der Waals surface area contributed by atoms with Gasteiger partial charge in [-0.3, -0.25) is 0 Å². The Balaban J connectivity index is 6.25. The van der Waals surface area contributed by atoms with E-state index in [0.29, 0.717) is 0 Å². The van der Waals surface area contributed by atoms with Crippen molar-refractivity contribution in [2.75, 3.05) is 0 Å². The molecular formula is CH29B25. The molecule has 0 aliphatic carbocycles. The van der Waals surface area contributed by atoms with Crippen LogP contribution in [-0.4, -0.2) is 177 Å². The third-order valence-electron chi connectivity index (χ3n) is 7.61. The van der Waals surface area contributed by atoms with Crippen molar-refractivity contribution in [3.63, 3.8) is 0 Å². The molecule has 0 aromatic carbocycles. The summed E-state index contributed by atoms with van der Waals surface area (Å²) < 4.78 is 0. The minimum absolute atomic E-state index is 0.754. The van der Waals surface area contributed by atoms with Gasteiger partial charge in [0.25, 0.3) is 0 Å². The van der Waals surface area contributed by atoms with Crippen LogP contribution in [0.4, 0.5) is 0 Å². The van der Waals surface area contributed by atoms with Gasteiger partial charge in [0.1, 0.15) is 0 Å². The number of hydrogen-bond donors (Lipinski definition) is 0. The van der Waals surface area contributed by atoms with Gasteiger partial charge < -0.3 is 0 Å². The average molecular weight is 312 g/mol. The van der Waals surface area contributed by atoms with Crippen molar-refractivity contribution in [1.29, 1.82) is 0 Å². The van der Waals surface area contributed by atoms with E-state index in [0.717, 1.165) is 76.7 Å². The van der Waals surface area contributed by atoms with Gasteiger partial charge in [-0.25, -0.2) is 0 Å². The minimum Gasteiger partial charge on any atom is -0.101 e. The Morgan fingerprint density at radius 2 is 0.615 bits per heavy atom. The maximum Gasteiger partial charge on any atom is 0.0552 e. The normalized spacial score (nSPS) is 9.42. The lowest BCUT2D eigenvalue weighted by Gasteiger charge is -2.44. The highest BCUT2D eigenvalue weighted by atomic mass is 13.3. The Morgan fingerprint density at radius 3 is 0.808 bits per heavy atom. The van der Waals surface area contributed by atoms with Crippen molar-refractivity contribution in [3.05, 3.63) is 0 Å². The van der Waals surface area contributed by atoms with E-state index in [1.807, 2.05) is 0 Å². The van der Waals surface area contributed by atoms with Crippen molar-refractivity contribution in [2.45, 2.75) is 6.82 Å². The van der Waals surface area contributed by atoms with Crippen LogP contribution in [0.3, 0.4) is 0 Å². The Bertz CT molecular complexity index is 330. The molecule has 0 aliphatic rings. The summed E-state index contributed by atoms with van der Waals surface area (Å²) in [4.78, 5) is 0. The molecule has 0 aromatic rings. The van der Waals surface area contributed by atoms with Crippen LogP contribution in [0.25, 0.3) is 0 Å². The summed E-state index contributed by atoms with van der Waals surface area (Å²) in [5.74, 6) is 0. The van der Waals surface area contributed by atoms with Crippen molar-refractivity contribution >= 4 is 177 Å². The molecule has 0 saturated carbocycles. The standard InChI is InChI=1S/CH29B25/c1-15(23(17(4)5)22(14)16(2)3)24(25(18(6)7)19(8)9)26(20(10)11)21(12)13/h2-14H2,1H3. The summed E-state index contributed by atoms with van der Waals surface area (Å²) in [6.07, 6.45) is 8.55. The molecule has 108 valence electrons. The van der Waals surface area contributed by atoms with E-state index in [1.54, 1.807) is 0 Å². The third kappa shape index (κ3) is 7.46. The lowest BCUT2D eigenvalue weighted by Crippen LogP contribution is -2.83. The predicted octanol–water partition coefficient (Wildman–Crippen LogP) is -15.9. The molecule has 0 fully saturated rings. The molecule has 0 saturated heterocycles. The smallest absolute Gasteiger partial charge is 0.0552 e. The van der Waals surface area contributed by atoms with Crippen LogP contribution in [0.1, 0.15) is 0 Å².